The number of amides is 1. The normalized spacial score (nSPS) is 20.9. The quantitative estimate of drug-likeness (QED) is 0.783. The number of aliphatic hydroxyl groups is 1. The van der Waals surface area contributed by atoms with Gasteiger partial charge in [0.25, 0.3) is 0 Å². The number of carbonyl (C=O) groups excluding carboxylic acids is 1. The number of hydrogen-bond donors (Lipinski definition) is 3. The van der Waals surface area contributed by atoms with Crippen molar-refractivity contribution >= 4 is 5.91 Å². The highest BCUT2D eigenvalue weighted by molar-refractivity contribution is 5.87. The molecule has 1 aliphatic carbocycles. The Balaban J connectivity index is 1.97. The summed E-state index contributed by atoms with van der Waals surface area (Å²) in [5, 5.41) is 13.2. The molecule has 1 aromatic rings. The fourth-order valence-corrected chi connectivity index (χ4v) is 2.73. The first-order valence-electron chi connectivity index (χ1n) is 7.29. The monoisotopic (exact) mass is 276 g/mol. The summed E-state index contributed by atoms with van der Waals surface area (Å²) in [5.41, 5.74) is 5.08. The van der Waals surface area contributed by atoms with E-state index in [0.717, 1.165) is 37.7 Å². The molecule has 0 spiro atoms. The Morgan fingerprint density at radius 1 is 1.30 bits per heavy atom. The Morgan fingerprint density at radius 2 is 1.90 bits per heavy atom. The molecule has 4 N–H and O–H groups in total. The number of rotatable bonds is 4. The van der Waals surface area contributed by atoms with E-state index in [9.17, 15) is 9.90 Å². The second-order valence-electron chi connectivity index (χ2n) is 6.04. The number of benzene rings is 1. The van der Waals surface area contributed by atoms with Crippen molar-refractivity contribution in [1.29, 1.82) is 0 Å². The van der Waals surface area contributed by atoms with Crippen LogP contribution in [0.1, 0.15) is 44.6 Å². The Morgan fingerprint density at radius 3 is 2.50 bits per heavy atom. The number of nitrogens with one attached hydrogen (secondary N) is 1. The van der Waals surface area contributed by atoms with Crippen molar-refractivity contribution in [3.8, 4) is 0 Å². The fourth-order valence-electron chi connectivity index (χ4n) is 2.73. The van der Waals surface area contributed by atoms with Gasteiger partial charge in [-0.2, -0.15) is 0 Å². The molecular formula is C16H24N2O2. The van der Waals surface area contributed by atoms with Gasteiger partial charge >= 0.3 is 0 Å². The molecule has 1 aromatic carbocycles. The van der Waals surface area contributed by atoms with Gasteiger partial charge in [0.05, 0.1) is 5.60 Å². The highest BCUT2D eigenvalue weighted by atomic mass is 16.3. The Kier molecular flexibility index (Phi) is 4.45. The molecular weight excluding hydrogens is 252 g/mol. The summed E-state index contributed by atoms with van der Waals surface area (Å²) in [6, 6.07) is 9.30. The molecule has 0 heterocycles. The zero-order valence-corrected chi connectivity index (χ0v) is 12.1. The van der Waals surface area contributed by atoms with E-state index in [-0.39, 0.29) is 12.5 Å². The average molecular weight is 276 g/mol. The lowest BCUT2D eigenvalue weighted by molar-refractivity contribution is -0.127. The molecule has 1 saturated carbocycles. The van der Waals surface area contributed by atoms with Gasteiger partial charge < -0.3 is 16.2 Å². The van der Waals surface area contributed by atoms with Gasteiger partial charge in [-0.25, -0.2) is 0 Å². The third kappa shape index (κ3) is 3.38. The van der Waals surface area contributed by atoms with E-state index in [2.05, 4.69) is 5.32 Å². The van der Waals surface area contributed by atoms with Crippen LogP contribution in [0.3, 0.4) is 0 Å². The minimum atomic E-state index is -1.08. The molecule has 1 aliphatic rings. The van der Waals surface area contributed by atoms with Gasteiger partial charge in [0.2, 0.25) is 5.91 Å². The van der Waals surface area contributed by atoms with Crippen LogP contribution in [0.5, 0.6) is 0 Å². The van der Waals surface area contributed by atoms with Gasteiger partial charge in [0.15, 0.2) is 0 Å². The lowest BCUT2D eigenvalue weighted by Crippen LogP contribution is -2.53. The molecule has 110 valence electrons. The highest BCUT2D eigenvalue weighted by Crippen LogP contribution is 2.27. The van der Waals surface area contributed by atoms with E-state index in [1.807, 2.05) is 30.3 Å². The summed E-state index contributed by atoms with van der Waals surface area (Å²) < 4.78 is 0. The number of hydrogen-bond acceptors (Lipinski definition) is 3. The second-order valence-corrected chi connectivity index (χ2v) is 6.04. The minimum absolute atomic E-state index is 0.248. The zero-order chi connectivity index (χ0) is 14.6. The summed E-state index contributed by atoms with van der Waals surface area (Å²) in [4.78, 5) is 12.3. The SMILES string of the molecule is CC(N)(C(=O)NCC1(O)CCCCC1)c1ccccc1. The molecule has 2 rings (SSSR count). The van der Waals surface area contributed by atoms with Crippen molar-refractivity contribution < 1.29 is 9.90 Å². The lowest BCUT2D eigenvalue weighted by Gasteiger charge is -2.33. The van der Waals surface area contributed by atoms with Crippen molar-refractivity contribution in [1.82, 2.24) is 5.32 Å². The van der Waals surface area contributed by atoms with E-state index in [4.69, 9.17) is 5.73 Å². The molecule has 20 heavy (non-hydrogen) atoms. The molecule has 1 amide bonds. The molecule has 0 saturated heterocycles. The van der Waals surface area contributed by atoms with Crippen LogP contribution in [0.2, 0.25) is 0 Å². The standard InChI is InChI=1S/C16H24N2O2/c1-15(17,13-8-4-2-5-9-13)14(19)18-12-16(20)10-6-3-7-11-16/h2,4-5,8-9,20H,3,6-7,10-12,17H2,1H3,(H,18,19). The highest BCUT2D eigenvalue weighted by Gasteiger charge is 2.34. The molecule has 4 heteroatoms. The van der Waals surface area contributed by atoms with Gasteiger partial charge in [0.1, 0.15) is 5.54 Å². The topological polar surface area (TPSA) is 75.4 Å². The van der Waals surface area contributed by atoms with Gasteiger partial charge in [-0.15, -0.1) is 0 Å². The van der Waals surface area contributed by atoms with E-state index in [1.165, 1.54) is 0 Å². The maximum Gasteiger partial charge on any atom is 0.244 e. The minimum Gasteiger partial charge on any atom is -0.388 e. The summed E-state index contributed by atoms with van der Waals surface area (Å²) in [6.07, 6.45) is 4.70. The third-order valence-electron chi connectivity index (χ3n) is 4.21. The second kappa shape index (κ2) is 5.94. The molecule has 0 radical (unpaired) electrons. The van der Waals surface area contributed by atoms with E-state index < -0.39 is 11.1 Å². The smallest absolute Gasteiger partial charge is 0.244 e. The molecule has 1 fully saturated rings. The van der Waals surface area contributed by atoms with E-state index in [0.29, 0.717) is 0 Å². The summed E-state index contributed by atoms with van der Waals surface area (Å²) >= 11 is 0. The maximum atomic E-state index is 12.3. The van der Waals surface area contributed by atoms with Crippen molar-refractivity contribution in [3.05, 3.63) is 35.9 Å². The largest absolute Gasteiger partial charge is 0.388 e. The average Bonchev–Trinajstić information content (AvgIpc) is 2.46. The molecule has 1 atom stereocenters. The first-order valence-corrected chi connectivity index (χ1v) is 7.29. The van der Waals surface area contributed by atoms with Crippen LogP contribution in [-0.2, 0) is 10.3 Å². The van der Waals surface area contributed by atoms with Gasteiger partial charge in [-0.05, 0) is 25.3 Å². The van der Waals surface area contributed by atoms with Crippen LogP contribution in [0.25, 0.3) is 0 Å². The molecule has 0 aromatic heterocycles. The van der Waals surface area contributed by atoms with E-state index >= 15 is 0 Å². The van der Waals surface area contributed by atoms with Crippen LogP contribution < -0.4 is 11.1 Å². The Bertz CT molecular complexity index is 451. The summed E-state index contributed by atoms with van der Waals surface area (Å²) in [7, 11) is 0. The molecule has 0 aliphatic heterocycles. The van der Waals surface area contributed by atoms with Crippen molar-refractivity contribution in [2.24, 2.45) is 5.73 Å². The predicted octanol–water partition coefficient (Wildman–Crippen LogP) is 1.67. The van der Waals surface area contributed by atoms with Crippen LogP contribution in [-0.4, -0.2) is 23.2 Å². The van der Waals surface area contributed by atoms with Gasteiger partial charge in [0, 0.05) is 6.54 Å². The van der Waals surface area contributed by atoms with Crippen LogP contribution in [0.15, 0.2) is 30.3 Å². The predicted molar refractivity (Wildman–Crippen MR) is 79.0 cm³/mol. The summed E-state index contributed by atoms with van der Waals surface area (Å²) in [6.45, 7) is 1.98. The Labute approximate surface area is 120 Å². The van der Waals surface area contributed by atoms with Crippen molar-refractivity contribution in [2.45, 2.75) is 50.2 Å². The molecule has 4 nitrogen and oxygen atoms in total. The van der Waals surface area contributed by atoms with Crippen LogP contribution in [0.4, 0.5) is 0 Å². The number of nitrogens with two attached hydrogens (primary N) is 1. The van der Waals surface area contributed by atoms with E-state index in [1.54, 1.807) is 6.92 Å². The maximum absolute atomic E-state index is 12.3. The number of carbonyl (C=O) groups is 1. The zero-order valence-electron chi connectivity index (χ0n) is 12.1. The van der Waals surface area contributed by atoms with Crippen LogP contribution >= 0.6 is 0 Å². The molecule has 1 unspecified atom stereocenters. The third-order valence-corrected chi connectivity index (χ3v) is 4.21. The lowest BCUT2D eigenvalue weighted by atomic mass is 9.84. The van der Waals surface area contributed by atoms with Gasteiger partial charge in [-0.1, -0.05) is 49.6 Å². The first-order chi connectivity index (χ1) is 9.44. The summed E-state index contributed by atoms with van der Waals surface area (Å²) in [5.74, 6) is -0.248. The van der Waals surface area contributed by atoms with Crippen LogP contribution in [0, 0.1) is 0 Å². The Hall–Kier alpha value is -1.39. The van der Waals surface area contributed by atoms with Crippen molar-refractivity contribution in [2.75, 3.05) is 6.54 Å². The fraction of sp³-hybridized carbons (Fsp3) is 0.562. The van der Waals surface area contributed by atoms with Gasteiger partial charge in [-0.3, -0.25) is 4.79 Å². The molecule has 0 bridgehead atoms. The first kappa shape index (κ1) is 15.0. The van der Waals surface area contributed by atoms with Crippen molar-refractivity contribution in [3.63, 3.8) is 0 Å².